The number of rotatable bonds is 2. The van der Waals surface area contributed by atoms with Gasteiger partial charge >= 0.3 is 6.98 Å². The Labute approximate surface area is 68.7 Å². The molecule has 0 N–H and O–H groups in total. The maximum absolute atomic E-state index is 11.9. The summed E-state index contributed by atoms with van der Waals surface area (Å²) in [5.74, 6) is 0. The highest BCUT2D eigenvalue weighted by Crippen LogP contribution is 2.15. The summed E-state index contributed by atoms with van der Waals surface area (Å²) in [6.45, 7) is -3.05. The highest BCUT2D eigenvalue weighted by Gasteiger charge is 2.22. The molecule has 5 heteroatoms. The van der Waals surface area contributed by atoms with Gasteiger partial charge in [-0.1, -0.05) is 11.9 Å². The van der Waals surface area contributed by atoms with Gasteiger partial charge in [0.2, 0.25) is 0 Å². The van der Waals surface area contributed by atoms with Crippen LogP contribution in [0.3, 0.4) is 0 Å². The second-order valence-corrected chi connectivity index (χ2v) is 2.72. The highest BCUT2D eigenvalue weighted by molar-refractivity contribution is 6.57. The molecule has 1 aromatic rings. The molecule has 0 unspecified atom stereocenters. The summed E-state index contributed by atoms with van der Waals surface area (Å²) >= 11 is 0. The number of hydrogen-bond donors (Lipinski definition) is 0. The fourth-order valence-corrected chi connectivity index (χ4v) is 0.998. The Bertz CT molecular complexity index is 272. The van der Waals surface area contributed by atoms with Crippen LogP contribution < -0.4 is 0 Å². The summed E-state index contributed by atoms with van der Waals surface area (Å²) in [5.41, 5.74) is 0.905. The number of hydrogen-bond acceptors (Lipinski definition) is 1. The van der Waals surface area contributed by atoms with Crippen LogP contribution in [-0.2, 0) is 6.32 Å². The summed E-state index contributed by atoms with van der Waals surface area (Å²) in [6, 6.07) is 2.84. The lowest BCUT2D eigenvalue weighted by molar-refractivity contribution is 0.468. The maximum atomic E-state index is 11.9. The first-order chi connectivity index (χ1) is 5.47. The summed E-state index contributed by atoms with van der Waals surface area (Å²) in [4.78, 5) is 3.81. The third kappa shape index (κ3) is 2.94. The summed E-state index contributed by atoms with van der Waals surface area (Å²) in [7, 11) is 0. The molecule has 1 nitrogen and oxygen atoms in total. The minimum Gasteiger partial charge on any atom is -0.449 e. The molecule has 0 aliphatic heterocycles. The number of halogens is 3. The SMILES string of the molecule is Cc1cc(C[B-](F)(F)F)ccn1. The van der Waals surface area contributed by atoms with Gasteiger partial charge in [0.25, 0.3) is 0 Å². The zero-order chi connectivity index (χ0) is 9.19. The topological polar surface area (TPSA) is 12.9 Å². The predicted molar refractivity (Wildman–Crippen MR) is 41.8 cm³/mol. The van der Waals surface area contributed by atoms with Crippen molar-refractivity contribution in [2.45, 2.75) is 13.2 Å². The largest absolute Gasteiger partial charge is 0.482 e. The monoisotopic (exact) mass is 174 g/mol. The van der Waals surface area contributed by atoms with Gasteiger partial charge in [-0.05, 0) is 19.1 Å². The van der Waals surface area contributed by atoms with E-state index in [2.05, 4.69) is 4.98 Å². The van der Waals surface area contributed by atoms with Gasteiger partial charge in [-0.3, -0.25) is 4.98 Å². The fraction of sp³-hybridized carbons (Fsp3) is 0.286. The molecule has 1 heterocycles. The first kappa shape index (κ1) is 9.10. The highest BCUT2D eigenvalue weighted by atomic mass is 19.4. The molecule has 0 atom stereocenters. The van der Waals surface area contributed by atoms with Crippen molar-refractivity contribution in [3.63, 3.8) is 0 Å². The van der Waals surface area contributed by atoms with Gasteiger partial charge < -0.3 is 12.9 Å². The molecule has 0 aliphatic carbocycles. The van der Waals surface area contributed by atoms with E-state index in [0.29, 0.717) is 5.69 Å². The second kappa shape index (κ2) is 3.17. The quantitative estimate of drug-likeness (QED) is 0.626. The van der Waals surface area contributed by atoms with Gasteiger partial charge in [-0.2, -0.15) is 0 Å². The van der Waals surface area contributed by atoms with E-state index in [-0.39, 0.29) is 5.56 Å². The van der Waals surface area contributed by atoms with E-state index >= 15 is 0 Å². The minimum absolute atomic E-state index is 0.287. The lowest BCUT2D eigenvalue weighted by Gasteiger charge is -2.13. The second-order valence-electron chi connectivity index (χ2n) is 2.72. The molecule has 0 saturated heterocycles. The molecular formula is C7H8BF3N-. The summed E-state index contributed by atoms with van der Waals surface area (Å²) in [6.07, 6.45) is 0.579. The number of aromatic nitrogens is 1. The lowest BCUT2D eigenvalue weighted by Crippen LogP contribution is -2.19. The van der Waals surface area contributed by atoms with Gasteiger partial charge in [0.1, 0.15) is 0 Å². The molecule has 0 aromatic carbocycles. The Morgan fingerprint density at radius 1 is 1.42 bits per heavy atom. The van der Waals surface area contributed by atoms with Crippen molar-refractivity contribution in [3.8, 4) is 0 Å². The van der Waals surface area contributed by atoms with Crippen molar-refractivity contribution in [3.05, 3.63) is 29.6 Å². The van der Waals surface area contributed by atoms with Crippen LogP contribution in [0.5, 0.6) is 0 Å². The van der Waals surface area contributed by atoms with Crippen molar-refractivity contribution in [1.82, 2.24) is 4.98 Å². The third-order valence-corrected chi connectivity index (χ3v) is 1.43. The van der Waals surface area contributed by atoms with Gasteiger partial charge in [-0.25, -0.2) is 0 Å². The Hall–Kier alpha value is -0.995. The van der Waals surface area contributed by atoms with Crippen LogP contribution in [0.25, 0.3) is 0 Å². The van der Waals surface area contributed by atoms with Crippen LogP contribution in [0.1, 0.15) is 11.3 Å². The fourth-order valence-electron chi connectivity index (χ4n) is 0.998. The van der Waals surface area contributed by atoms with E-state index in [4.69, 9.17) is 0 Å². The van der Waals surface area contributed by atoms with Gasteiger partial charge in [0.05, 0.1) is 0 Å². The normalized spacial score (nSPS) is 11.7. The smallest absolute Gasteiger partial charge is 0.449 e. The van der Waals surface area contributed by atoms with Crippen molar-refractivity contribution in [2.24, 2.45) is 0 Å². The Morgan fingerprint density at radius 2 is 2.08 bits per heavy atom. The van der Waals surface area contributed by atoms with E-state index in [9.17, 15) is 12.9 Å². The molecule has 0 aliphatic rings. The number of nitrogens with zero attached hydrogens (tertiary/aromatic N) is 1. The number of aryl methyl sites for hydroxylation is 1. The van der Waals surface area contributed by atoms with E-state index < -0.39 is 13.3 Å². The van der Waals surface area contributed by atoms with Crippen LogP contribution in [0.4, 0.5) is 12.9 Å². The molecule has 66 valence electrons. The van der Waals surface area contributed by atoms with E-state index in [1.165, 1.54) is 18.3 Å². The van der Waals surface area contributed by atoms with E-state index in [1.807, 2.05) is 0 Å². The van der Waals surface area contributed by atoms with Gasteiger partial charge in [-0.15, -0.1) is 0 Å². The molecule has 0 fully saturated rings. The van der Waals surface area contributed by atoms with Crippen molar-refractivity contribution in [2.75, 3.05) is 0 Å². The molecule has 0 spiro atoms. The van der Waals surface area contributed by atoms with Crippen LogP contribution in [0.2, 0.25) is 0 Å². The standard InChI is InChI=1S/C7H8BF3N/c1-6-4-7(2-3-12-6)5-8(9,10)11/h2-4H,5H2,1H3/q-1. The molecule has 0 saturated carbocycles. The first-order valence-electron chi connectivity index (χ1n) is 3.60. The first-order valence-corrected chi connectivity index (χ1v) is 3.60. The van der Waals surface area contributed by atoms with E-state index in [0.717, 1.165) is 0 Å². The molecular weight excluding hydrogens is 166 g/mol. The van der Waals surface area contributed by atoms with Gasteiger partial charge in [0, 0.05) is 11.9 Å². The molecule has 1 aromatic heterocycles. The Kier molecular flexibility index (Phi) is 2.40. The molecule has 12 heavy (non-hydrogen) atoms. The molecule has 0 bridgehead atoms. The van der Waals surface area contributed by atoms with Crippen molar-refractivity contribution < 1.29 is 12.9 Å². The van der Waals surface area contributed by atoms with Gasteiger partial charge in [0.15, 0.2) is 0 Å². The van der Waals surface area contributed by atoms with Crippen LogP contribution in [-0.4, -0.2) is 12.0 Å². The molecule has 1 rings (SSSR count). The maximum Gasteiger partial charge on any atom is 0.482 e. The predicted octanol–water partition coefficient (Wildman–Crippen LogP) is 2.32. The number of pyridine rings is 1. The lowest BCUT2D eigenvalue weighted by atomic mass is 9.82. The van der Waals surface area contributed by atoms with Crippen LogP contribution >= 0.6 is 0 Å². The average Bonchev–Trinajstić information content (AvgIpc) is 1.82. The molecule has 0 radical (unpaired) electrons. The Morgan fingerprint density at radius 3 is 2.58 bits per heavy atom. The zero-order valence-electron chi connectivity index (χ0n) is 6.60. The average molecular weight is 174 g/mol. The minimum atomic E-state index is -4.72. The Balaban J connectivity index is 2.77. The van der Waals surface area contributed by atoms with Crippen LogP contribution in [0, 0.1) is 6.92 Å². The molecule has 0 amide bonds. The summed E-state index contributed by atoms with van der Waals surface area (Å²) < 4.78 is 35.7. The van der Waals surface area contributed by atoms with Crippen LogP contribution in [0.15, 0.2) is 18.3 Å². The summed E-state index contributed by atoms with van der Waals surface area (Å²) in [5, 5.41) is 0. The van der Waals surface area contributed by atoms with Crippen molar-refractivity contribution in [1.29, 1.82) is 0 Å². The van der Waals surface area contributed by atoms with E-state index in [1.54, 1.807) is 6.92 Å². The zero-order valence-corrected chi connectivity index (χ0v) is 6.60. The van der Waals surface area contributed by atoms with Crippen molar-refractivity contribution >= 4 is 6.98 Å². The third-order valence-electron chi connectivity index (χ3n) is 1.43.